The minimum absolute atomic E-state index is 0. The molecule has 1 aliphatic rings. The molecule has 5 rings (SSSR count). The van der Waals surface area contributed by atoms with Crippen molar-refractivity contribution in [2.75, 3.05) is 36.8 Å². The number of fused-ring (bicyclic) bond motifs is 1. The number of nitrogens with zero attached hydrogens (tertiary/aromatic N) is 10. The van der Waals surface area contributed by atoms with Crippen LogP contribution in [0.15, 0.2) is 69.8 Å². The van der Waals surface area contributed by atoms with Gasteiger partial charge in [-0.05, 0) is 149 Å². The van der Waals surface area contributed by atoms with Crippen LogP contribution in [0.5, 0.6) is 0 Å². The Bertz CT molecular complexity index is 3360. The van der Waals surface area contributed by atoms with E-state index in [1.54, 1.807) is 30.0 Å². The maximum atomic E-state index is 12.8. The monoisotopic (exact) mass is 952 g/mol. The van der Waals surface area contributed by atoms with E-state index in [0.29, 0.717) is 12.4 Å². The normalized spacial score (nSPS) is 10.1. The number of hydrogen-bond acceptors (Lipinski definition) is 11. The highest BCUT2D eigenvalue weighted by atomic mass is 32.1. The minimum Gasteiger partial charge on any atom is -0.478 e. The van der Waals surface area contributed by atoms with Crippen molar-refractivity contribution in [2.24, 2.45) is 33.8 Å². The molecule has 0 bridgehead atoms. The molecule has 0 spiro atoms. The molecular weight excluding hydrogens is 893 g/mol. The number of nitrogens with two attached hydrogens (primary N) is 2. The van der Waals surface area contributed by atoms with E-state index in [-0.39, 0.29) is 27.3 Å². The van der Waals surface area contributed by atoms with Crippen molar-refractivity contribution >= 4 is 52.3 Å². The average molecular weight is 953 g/mol. The van der Waals surface area contributed by atoms with Crippen LogP contribution >= 0.6 is 11.3 Å². The first-order valence-electron chi connectivity index (χ1n) is 19.4. The zero-order valence-corrected chi connectivity index (χ0v) is 38.3. The number of piperazine rings is 1. The van der Waals surface area contributed by atoms with Crippen molar-refractivity contribution in [3.8, 4) is 143 Å². The number of aromatic nitrogens is 3. The molecule has 6 N–H and O–H groups in total. The Morgan fingerprint density at radius 3 is 1.96 bits per heavy atom. The predicted octanol–water partition coefficient (Wildman–Crippen LogP) is 6.14. The fourth-order valence-electron chi connectivity index (χ4n) is 5.15. The first-order valence-corrected chi connectivity index (χ1v) is 20.6. The van der Waals surface area contributed by atoms with Crippen LogP contribution in [-0.2, 0) is 33.0 Å². The molecule has 0 saturated carbocycles. The summed E-state index contributed by atoms with van der Waals surface area (Å²) < 4.78 is 1.77. The number of anilines is 2. The van der Waals surface area contributed by atoms with Gasteiger partial charge in [0.1, 0.15) is 11.0 Å². The second-order valence-corrected chi connectivity index (χ2v) is 14.0. The summed E-state index contributed by atoms with van der Waals surface area (Å²) in [6.07, 6.45) is 10.6. The van der Waals surface area contributed by atoms with Gasteiger partial charge in [-0.25, -0.2) is 4.98 Å². The molecule has 1 aromatic carbocycles. The molecule has 1 amide bonds. The van der Waals surface area contributed by atoms with Crippen LogP contribution in [0, 0.1) is 154 Å². The summed E-state index contributed by atoms with van der Waals surface area (Å²) >= 11 is 5.53. The summed E-state index contributed by atoms with van der Waals surface area (Å²) in [5.41, 5.74) is 11.0. The molecule has 4 heterocycles. The molecule has 0 atom stereocenters. The zero-order chi connectivity index (χ0) is 49.0. The van der Waals surface area contributed by atoms with Gasteiger partial charge in [0.05, 0.1) is 16.8 Å². The third kappa shape index (κ3) is 21.3. The molecule has 0 radical (unpaired) electrons. The highest BCUT2D eigenvalue weighted by Crippen LogP contribution is 2.25. The fourth-order valence-corrected chi connectivity index (χ4v) is 6.32. The second-order valence-electron chi connectivity index (χ2n) is 12.6. The largest absolute Gasteiger partial charge is 0.478 e. The molecule has 0 unspecified atom stereocenters. The lowest BCUT2D eigenvalue weighted by Crippen LogP contribution is -2.45. The van der Waals surface area contributed by atoms with Gasteiger partial charge in [-0.15, -0.1) is 17.8 Å². The van der Waals surface area contributed by atoms with Gasteiger partial charge in [-0.1, -0.05) is 32.5 Å². The predicted molar refractivity (Wildman–Crippen MR) is 291 cm³/mol. The van der Waals surface area contributed by atoms with E-state index in [1.807, 2.05) is 48.3 Å². The highest BCUT2D eigenvalue weighted by molar-refractivity contribution is 7.51. The van der Waals surface area contributed by atoms with E-state index in [9.17, 15) is 9.70 Å². The van der Waals surface area contributed by atoms with E-state index in [0.717, 1.165) is 53.9 Å². The average Bonchev–Trinajstić information content (AvgIpc) is 3.95. The Kier molecular flexibility index (Phi) is 24.4. The fraction of sp³-hybridized carbons (Fsp3) is 0.180. The third-order valence-electron chi connectivity index (χ3n) is 8.06. The number of benzene rings is 1. The van der Waals surface area contributed by atoms with Gasteiger partial charge in [0.15, 0.2) is 5.22 Å². The molecule has 354 valence electrons. The molecule has 1 fully saturated rings. The van der Waals surface area contributed by atoms with Gasteiger partial charge in [0.2, 0.25) is 0 Å². The topological polar surface area (TPSA) is 200 Å². The number of aryl methyl sites for hydroxylation is 2. The lowest BCUT2D eigenvalue weighted by atomic mass is 10.1. The molecule has 16 nitrogen and oxygen atoms in total. The van der Waals surface area contributed by atoms with Crippen LogP contribution in [0.4, 0.5) is 11.5 Å². The van der Waals surface area contributed by atoms with Crippen molar-refractivity contribution < 1.29 is 26.2 Å². The lowest BCUT2D eigenvalue weighted by Gasteiger charge is -2.35. The first kappa shape index (κ1) is 52.3. The molecular formula is C50H60N14O2S2. The quantitative estimate of drug-likeness (QED) is 0.0378. The smallest absolute Gasteiger partial charge is 0.261 e. The molecule has 68 heavy (non-hydrogen) atoms. The summed E-state index contributed by atoms with van der Waals surface area (Å²) in [6.45, 7) is 9.10. The minimum atomic E-state index is -0.0739. The number of amides is 1. The number of terminal acetylenes is 1. The van der Waals surface area contributed by atoms with Crippen LogP contribution in [0.25, 0.3) is 10.8 Å². The Morgan fingerprint density at radius 2 is 1.44 bits per heavy atom. The maximum Gasteiger partial charge on any atom is 0.261 e. The second kappa shape index (κ2) is 31.7. The lowest BCUT2D eigenvalue weighted by molar-refractivity contribution is -0.444. The van der Waals surface area contributed by atoms with E-state index in [4.69, 9.17) is 12.2 Å². The van der Waals surface area contributed by atoms with Crippen LogP contribution in [-0.4, -0.2) is 56.0 Å². The number of hydrogen-bond donors (Lipinski definition) is 4. The van der Waals surface area contributed by atoms with Gasteiger partial charge < -0.3 is 34.6 Å². The van der Waals surface area contributed by atoms with Crippen molar-refractivity contribution in [1.82, 2.24) is 30.5 Å². The summed E-state index contributed by atoms with van der Waals surface area (Å²) in [5.74, 6) is 61.9. The highest BCUT2D eigenvalue weighted by Gasteiger charge is 2.20. The number of carbonyl (C=O) groups excluding carboxylic acids is 1. The zero-order valence-electron chi connectivity index (χ0n) is 36.7. The number of rotatable bonds is 9. The number of pyridine rings is 1. The van der Waals surface area contributed by atoms with Crippen LogP contribution in [0.3, 0.4) is 0 Å². The van der Waals surface area contributed by atoms with Gasteiger partial charge >= 0.3 is 0 Å². The third-order valence-corrected chi connectivity index (χ3v) is 9.37. The maximum absolute atomic E-state index is 12.8. The van der Waals surface area contributed by atoms with Gasteiger partial charge in [0, 0.05) is 127 Å². The van der Waals surface area contributed by atoms with Crippen LogP contribution < -0.4 is 27.3 Å². The molecule has 4 aromatic rings. The number of carbonyl (C=O) groups is 1. The summed E-state index contributed by atoms with van der Waals surface area (Å²) in [5, 5.41) is 20.6. The number of nitroso groups, excluding NO2 is 1. The van der Waals surface area contributed by atoms with E-state index >= 15 is 0 Å². The standard InChI is InChI=1S/C25H29N7OS.C25H4.H3N7OS.12H2/c1-17-11-22(25(33)28-13-18-3-4-21-19(12-18)5-6-27-24(21)26)34-23(17)16-31-7-9-32(10-8-31)20-14-29-30(2)15-20;1-3-5-7-9-11-13-15-17-19-21-23-25-24-22-20-18-16-14-12-10-8-6-4-2;1-2-3-4-5-6-7(8)9;;;;;;;;;;;;/h3-6,11-12,14-15H,7-10,13,16H2,1-2H3,(H2,26,27)(H,28,33);1H,2H3;(H2,1,3,5)(H,2,4,6,8,9);12*1H. The van der Waals surface area contributed by atoms with Crippen molar-refractivity contribution in [2.45, 2.75) is 26.9 Å². The van der Waals surface area contributed by atoms with E-state index in [1.165, 1.54) is 16.1 Å². The summed E-state index contributed by atoms with van der Waals surface area (Å²) in [7, 11) is 1.95. The molecule has 18 heteroatoms. The van der Waals surface area contributed by atoms with Gasteiger partial charge in [0.25, 0.3) is 5.91 Å². The molecule has 0 aliphatic carbocycles. The number of hydrazine groups is 1. The number of nitrogens with one attached hydrogen (secondary N) is 2. The van der Waals surface area contributed by atoms with Crippen LogP contribution in [0.1, 0.15) is 49.7 Å². The Labute approximate surface area is 422 Å². The first-order chi connectivity index (χ1) is 33.1. The molecule has 1 aliphatic heterocycles. The summed E-state index contributed by atoms with van der Waals surface area (Å²) in [6, 6.07) is 9.93. The van der Waals surface area contributed by atoms with Crippen LogP contribution in [0.2, 0.25) is 0 Å². The van der Waals surface area contributed by atoms with E-state index in [2.05, 4.69) is 214 Å². The van der Waals surface area contributed by atoms with Gasteiger partial charge in [-0.2, -0.15) is 5.10 Å². The number of nitrogen functional groups attached to an aromatic ring is 1. The SMILES string of the molecule is C#CC#CC#CC#CC#CC#CC#CC#CC#CC#CC#CC#CC.Cc1cc(C(=O)NCc2ccc3c(N)nccc3c2)sc1CN1CCN(c2cnn(C)c2)CC1.NN=NN=NN[N+](=O)[S-].[HH].[HH].[HH].[HH].[HH].[HH].[HH].[HH].[HH].[HH].[HH].[HH]. The Balaban J connectivity index is -0.000000120. The van der Waals surface area contributed by atoms with Crippen molar-refractivity contribution in [3.63, 3.8) is 0 Å². The van der Waals surface area contributed by atoms with Crippen molar-refractivity contribution in [1.29, 1.82) is 0 Å². The Hall–Kier alpha value is -10.1. The Morgan fingerprint density at radius 1 is 0.868 bits per heavy atom. The molecule has 3 aromatic heterocycles. The molecule has 1 saturated heterocycles. The van der Waals surface area contributed by atoms with Gasteiger partial charge in [-0.3, -0.25) is 14.4 Å². The van der Waals surface area contributed by atoms with E-state index < -0.39 is 0 Å². The number of thiophene rings is 1. The summed E-state index contributed by atoms with van der Waals surface area (Å²) in [4.78, 5) is 33.6. The van der Waals surface area contributed by atoms with Crippen molar-refractivity contribution in [3.05, 3.63) is 74.7 Å².